The van der Waals surface area contributed by atoms with Crippen LogP contribution in [-0.4, -0.2) is 18.4 Å². The number of nitrogens with one attached hydrogen (secondary N) is 1. The lowest BCUT2D eigenvalue weighted by molar-refractivity contribution is -0.139. The fourth-order valence-electron chi connectivity index (χ4n) is 5.32. The SMILES string of the molecule is CC1=C(C(=O)OCCc2ccccc2)[C@H](c2coc3ccc(Cl)cc3c2=O)C2=C(CC(C)(C)CC2=O)N1. The van der Waals surface area contributed by atoms with Crippen molar-refractivity contribution in [3.8, 4) is 0 Å². The normalized spacial score (nSPS) is 19.0. The Morgan fingerprint density at radius 1 is 1.14 bits per heavy atom. The van der Waals surface area contributed by atoms with Gasteiger partial charge in [0.25, 0.3) is 0 Å². The monoisotopic (exact) mass is 517 g/mol. The molecular formula is C30H28ClNO5. The maximum atomic E-state index is 13.7. The Morgan fingerprint density at radius 2 is 1.89 bits per heavy atom. The van der Waals surface area contributed by atoms with Crippen molar-refractivity contribution in [2.24, 2.45) is 5.41 Å². The number of hydrogen-bond acceptors (Lipinski definition) is 6. The summed E-state index contributed by atoms with van der Waals surface area (Å²) in [5.41, 5.74) is 3.02. The van der Waals surface area contributed by atoms with Gasteiger partial charge in [0.05, 0.1) is 29.7 Å². The Balaban J connectivity index is 1.58. The average molecular weight is 518 g/mol. The van der Waals surface area contributed by atoms with Crippen LogP contribution in [0.5, 0.6) is 0 Å². The summed E-state index contributed by atoms with van der Waals surface area (Å²) in [6.07, 6.45) is 2.83. The average Bonchev–Trinajstić information content (AvgIpc) is 2.83. The molecule has 1 N–H and O–H groups in total. The number of ketones is 1. The van der Waals surface area contributed by atoms with E-state index in [4.69, 9.17) is 20.8 Å². The van der Waals surface area contributed by atoms with Crippen LogP contribution in [0.25, 0.3) is 11.0 Å². The second kappa shape index (κ2) is 9.67. The van der Waals surface area contributed by atoms with Crippen LogP contribution in [-0.2, 0) is 20.7 Å². The second-order valence-electron chi connectivity index (χ2n) is 10.5. The number of hydrogen-bond donors (Lipinski definition) is 1. The number of benzene rings is 2. The van der Waals surface area contributed by atoms with E-state index in [2.05, 4.69) is 5.32 Å². The maximum Gasteiger partial charge on any atom is 0.336 e. The van der Waals surface area contributed by atoms with Gasteiger partial charge < -0.3 is 14.5 Å². The minimum Gasteiger partial charge on any atom is -0.464 e. The third-order valence-electron chi connectivity index (χ3n) is 7.00. The Hall–Kier alpha value is -3.64. The molecule has 0 bridgehead atoms. The van der Waals surface area contributed by atoms with Gasteiger partial charge in [-0.25, -0.2) is 4.79 Å². The lowest BCUT2D eigenvalue weighted by Crippen LogP contribution is -2.39. The van der Waals surface area contributed by atoms with Gasteiger partial charge in [-0.15, -0.1) is 0 Å². The molecule has 0 saturated carbocycles. The number of carbonyl (C=O) groups excluding carboxylic acids is 2. The lowest BCUT2D eigenvalue weighted by atomic mass is 9.68. The fourth-order valence-corrected chi connectivity index (χ4v) is 5.49. The molecule has 2 aliphatic rings. The number of halogens is 1. The van der Waals surface area contributed by atoms with E-state index in [1.165, 1.54) is 6.26 Å². The van der Waals surface area contributed by atoms with Crippen molar-refractivity contribution in [1.29, 1.82) is 0 Å². The van der Waals surface area contributed by atoms with Crippen LogP contribution in [0.2, 0.25) is 5.02 Å². The first kappa shape index (κ1) is 25.0. The fraction of sp³-hybridized carbons (Fsp3) is 0.300. The molecule has 0 radical (unpaired) electrons. The van der Waals surface area contributed by atoms with E-state index in [0.29, 0.717) is 46.5 Å². The zero-order valence-electron chi connectivity index (χ0n) is 21.0. The van der Waals surface area contributed by atoms with Crippen LogP contribution in [0.4, 0.5) is 0 Å². The largest absolute Gasteiger partial charge is 0.464 e. The molecule has 37 heavy (non-hydrogen) atoms. The predicted octanol–water partition coefficient (Wildman–Crippen LogP) is 5.84. The number of ether oxygens (including phenoxy) is 1. The third kappa shape index (κ3) is 4.86. The molecule has 0 amide bonds. The highest BCUT2D eigenvalue weighted by Crippen LogP contribution is 2.46. The molecule has 5 rings (SSSR count). The van der Waals surface area contributed by atoms with Crippen molar-refractivity contribution in [2.45, 2.75) is 46.0 Å². The summed E-state index contributed by atoms with van der Waals surface area (Å²) in [4.78, 5) is 40.7. The van der Waals surface area contributed by atoms with Gasteiger partial charge in [-0.2, -0.15) is 0 Å². The topological polar surface area (TPSA) is 85.6 Å². The summed E-state index contributed by atoms with van der Waals surface area (Å²) in [7, 11) is 0. The molecule has 190 valence electrons. The van der Waals surface area contributed by atoms with Gasteiger partial charge in [-0.3, -0.25) is 9.59 Å². The van der Waals surface area contributed by atoms with Gasteiger partial charge >= 0.3 is 5.97 Å². The molecule has 3 aromatic rings. The van der Waals surface area contributed by atoms with Crippen molar-refractivity contribution in [3.63, 3.8) is 0 Å². The molecule has 1 atom stereocenters. The number of allylic oxidation sites excluding steroid dienone is 3. The van der Waals surface area contributed by atoms with Crippen LogP contribution >= 0.6 is 11.6 Å². The molecule has 0 saturated heterocycles. The Morgan fingerprint density at radius 3 is 2.65 bits per heavy atom. The van der Waals surface area contributed by atoms with E-state index in [0.717, 1.165) is 11.3 Å². The zero-order valence-corrected chi connectivity index (χ0v) is 21.8. The van der Waals surface area contributed by atoms with Crippen molar-refractivity contribution < 1.29 is 18.7 Å². The van der Waals surface area contributed by atoms with Crippen LogP contribution < -0.4 is 10.7 Å². The van der Waals surface area contributed by atoms with Crippen molar-refractivity contribution in [2.75, 3.05) is 6.61 Å². The molecule has 1 aromatic heterocycles. The van der Waals surface area contributed by atoms with Gasteiger partial charge in [0.2, 0.25) is 0 Å². The van der Waals surface area contributed by atoms with Gasteiger partial charge in [0.15, 0.2) is 11.2 Å². The number of carbonyl (C=O) groups is 2. The Labute approximate surface area is 220 Å². The minimum atomic E-state index is -0.899. The molecular weight excluding hydrogens is 490 g/mol. The van der Waals surface area contributed by atoms with Crippen LogP contribution in [0, 0.1) is 5.41 Å². The smallest absolute Gasteiger partial charge is 0.336 e. The van der Waals surface area contributed by atoms with E-state index in [9.17, 15) is 14.4 Å². The predicted molar refractivity (Wildman–Crippen MR) is 142 cm³/mol. The highest BCUT2D eigenvalue weighted by molar-refractivity contribution is 6.31. The Bertz CT molecular complexity index is 1530. The van der Waals surface area contributed by atoms with E-state index >= 15 is 0 Å². The first-order valence-corrected chi connectivity index (χ1v) is 12.7. The number of fused-ring (bicyclic) bond motifs is 1. The summed E-state index contributed by atoms with van der Waals surface area (Å²) >= 11 is 6.17. The van der Waals surface area contributed by atoms with Gasteiger partial charge in [-0.1, -0.05) is 55.8 Å². The summed E-state index contributed by atoms with van der Waals surface area (Å²) in [5.74, 6) is -1.57. The third-order valence-corrected chi connectivity index (χ3v) is 7.23. The standard InChI is InChI=1S/C30H28ClNO5/c1-17-25(29(35)36-12-11-18-7-5-4-6-8-18)26(27-22(32-17)14-30(2,3)15-23(27)33)21-16-37-24-10-9-19(31)13-20(24)28(21)34/h4-10,13,16,26,32H,11-12,14-15H2,1-3H3/t26-/m0/s1. The van der Waals surface area contributed by atoms with E-state index in [1.807, 2.05) is 44.2 Å². The van der Waals surface area contributed by atoms with Gasteiger partial charge in [-0.05, 0) is 42.5 Å². The molecule has 6 nitrogen and oxygen atoms in total. The van der Waals surface area contributed by atoms with Crippen molar-refractivity contribution in [1.82, 2.24) is 5.32 Å². The molecule has 2 heterocycles. The van der Waals surface area contributed by atoms with Crippen LogP contribution in [0.15, 0.2) is 86.5 Å². The maximum absolute atomic E-state index is 13.7. The Kier molecular flexibility index (Phi) is 6.54. The van der Waals surface area contributed by atoms with Crippen LogP contribution in [0.3, 0.4) is 0 Å². The quantitative estimate of drug-likeness (QED) is 0.428. The molecule has 0 spiro atoms. The van der Waals surface area contributed by atoms with Gasteiger partial charge in [0, 0.05) is 40.4 Å². The number of esters is 1. The van der Waals surface area contributed by atoms with Crippen molar-refractivity contribution in [3.05, 3.63) is 104 Å². The number of rotatable bonds is 5. The summed E-state index contributed by atoms with van der Waals surface area (Å²) in [6.45, 7) is 6.01. The summed E-state index contributed by atoms with van der Waals surface area (Å²) in [6, 6.07) is 14.5. The zero-order chi connectivity index (χ0) is 26.3. The lowest BCUT2D eigenvalue weighted by Gasteiger charge is -2.39. The summed E-state index contributed by atoms with van der Waals surface area (Å²) < 4.78 is 11.5. The highest BCUT2D eigenvalue weighted by atomic mass is 35.5. The van der Waals surface area contributed by atoms with E-state index in [-0.39, 0.29) is 34.4 Å². The van der Waals surface area contributed by atoms with Gasteiger partial charge in [0.1, 0.15) is 5.58 Å². The first-order chi connectivity index (χ1) is 17.6. The molecule has 2 aromatic carbocycles. The van der Waals surface area contributed by atoms with Crippen molar-refractivity contribution >= 4 is 34.3 Å². The van der Waals surface area contributed by atoms with E-state index in [1.54, 1.807) is 25.1 Å². The second-order valence-corrected chi connectivity index (χ2v) is 10.9. The first-order valence-electron chi connectivity index (χ1n) is 12.3. The number of Topliss-reactive ketones (excluding diaryl/α,β-unsaturated/α-hetero) is 1. The molecule has 0 unspecified atom stereocenters. The summed E-state index contributed by atoms with van der Waals surface area (Å²) in [5, 5.41) is 3.98. The van der Waals surface area contributed by atoms with E-state index < -0.39 is 11.9 Å². The minimum absolute atomic E-state index is 0.101. The number of dihydropyridines is 1. The molecule has 7 heteroatoms. The highest BCUT2D eigenvalue weighted by Gasteiger charge is 2.44. The molecule has 1 aliphatic heterocycles. The molecule has 0 fully saturated rings. The molecule has 1 aliphatic carbocycles. The van der Waals surface area contributed by atoms with Crippen LogP contribution in [0.1, 0.15) is 50.7 Å².